The molecule has 0 saturated carbocycles. The second kappa shape index (κ2) is 8.45. The average molecular weight is 398 g/mol. The van der Waals surface area contributed by atoms with Crippen LogP contribution in [0, 0.1) is 0 Å². The van der Waals surface area contributed by atoms with Crippen molar-refractivity contribution in [3.05, 3.63) is 102 Å². The molecule has 3 aromatic rings. The van der Waals surface area contributed by atoms with Crippen LogP contribution in [-0.4, -0.2) is 17.8 Å². The molecule has 6 nitrogen and oxygen atoms in total. The van der Waals surface area contributed by atoms with Crippen molar-refractivity contribution in [2.75, 3.05) is 4.90 Å². The fourth-order valence-electron chi connectivity index (χ4n) is 3.07. The summed E-state index contributed by atoms with van der Waals surface area (Å²) < 4.78 is 5.80. The lowest BCUT2D eigenvalue weighted by Crippen LogP contribution is -2.54. The van der Waals surface area contributed by atoms with Gasteiger partial charge in [0.2, 0.25) is 0 Å². The van der Waals surface area contributed by atoms with E-state index in [0.717, 1.165) is 10.5 Å². The number of benzene rings is 3. The molecule has 148 valence electrons. The zero-order valence-electron chi connectivity index (χ0n) is 15.9. The zero-order valence-corrected chi connectivity index (χ0v) is 15.9. The number of para-hydroxylation sites is 1. The van der Waals surface area contributed by atoms with Gasteiger partial charge in [-0.05, 0) is 41.5 Å². The number of hydrogen-bond donors (Lipinski definition) is 1. The van der Waals surface area contributed by atoms with Gasteiger partial charge in [-0.3, -0.25) is 14.9 Å². The molecule has 0 bridgehead atoms. The van der Waals surface area contributed by atoms with Crippen molar-refractivity contribution < 1.29 is 19.1 Å². The van der Waals surface area contributed by atoms with Gasteiger partial charge in [0, 0.05) is 0 Å². The van der Waals surface area contributed by atoms with Gasteiger partial charge >= 0.3 is 6.03 Å². The van der Waals surface area contributed by atoms with Crippen molar-refractivity contribution in [2.45, 2.75) is 6.61 Å². The van der Waals surface area contributed by atoms with Crippen LogP contribution in [0.1, 0.15) is 11.1 Å². The summed E-state index contributed by atoms with van der Waals surface area (Å²) in [6, 6.07) is 24.5. The summed E-state index contributed by atoms with van der Waals surface area (Å²) in [7, 11) is 0. The van der Waals surface area contributed by atoms with Gasteiger partial charge in [-0.15, -0.1) is 0 Å². The fraction of sp³-hybridized carbons (Fsp3) is 0.0417. The largest absolute Gasteiger partial charge is 0.489 e. The first-order chi connectivity index (χ1) is 14.6. The molecule has 1 saturated heterocycles. The monoisotopic (exact) mass is 398 g/mol. The van der Waals surface area contributed by atoms with Crippen LogP contribution in [0.4, 0.5) is 10.5 Å². The molecule has 0 unspecified atom stereocenters. The normalized spacial score (nSPS) is 15.3. The van der Waals surface area contributed by atoms with E-state index in [9.17, 15) is 14.4 Å². The van der Waals surface area contributed by atoms with Crippen LogP contribution in [0.5, 0.6) is 5.75 Å². The lowest BCUT2D eigenvalue weighted by atomic mass is 10.1. The van der Waals surface area contributed by atoms with Gasteiger partial charge in [-0.25, -0.2) is 9.69 Å². The van der Waals surface area contributed by atoms with Gasteiger partial charge < -0.3 is 4.74 Å². The molecule has 0 atom stereocenters. The highest BCUT2D eigenvalue weighted by Crippen LogP contribution is 2.23. The third-order valence-corrected chi connectivity index (χ3v) is 4.53. The number of carbonyl (C=O) groups excluding carboxylic acids is 3. The second-order valence-corrected chi connectivity index (χ2v) is 6.64. The lowest BCUT2D eigenvalue weighted by Gasteiger charge is -2.26. The summed E-state index contributed by atoms with van der Waals surface area (Å²) in [4.78, 5) is 38.4. The predicted molar refractivity (Wildman–Crippen MR) is 113 cm³/mol. The Morgan fingerprint density at radius 1 is 0.833 bits per heavy atom. The lowest BCUT2D eigenvalue weighted by molar-refractivity contribution is -0.122. The minimum absolute atomic E-state index is 0.126. The van der Waals surface area contributed by atoms with Gasteiger partial charge in [0.1, 0.15) is 17.9 Å². The molecule has 0 radical (unpaired) electrons. The van der Waals surface area contributed by atoms with Crippen LogP contribution in [0.15, 0.2) is 90.5 Å². The van der Waals surface area contributed by atoms with Crippen LogP contribution in [0.2, 0.25) is 0 Å². The first-order valence-corrected chi connectivity index (χ1v) is 9.35. The van der Waals surface area contributed by atoms with Gasteiger partial charge in [-0.1, -0.05) is 60.7 Å². The standard InChI is InChI=1S/C24H18N2O4/c27-22-21(23(28)26(24(29)25-22)19-11-5-2-6-12-19)15-18-10-7-13-20(14-18)30-16-17-8-3-1-4-9-17/h1-15H,16H2,(H,25,27,29)/b21-15-. The predicted octanol–water partition coefficient (Wildman–Crippen LogP) is 3.93. The van der Waals surface area contributed by atoms with E-state index in [1.54, 1.807) is 54.6 Å². The van der Waals surface area contributed by atoms with E-state index in [4.69, 9.17) is 4.74 Å². The molecule has 1 aliphatic heterocycles. The maximum absolute atomic E-state index is 12.9. The highest BCUT2D eigenvalue weighted by Gasteiger charge is 2.36. The molecule has 0 aliphatic carbocycles. The summed E-state index contributed by atoms with van der Waals surface area (Å²) in [5.74, 6) is -0.800. The molecule has 1 fully saturated rings. The number of nitrogens with one attached hydrogen (secondary N) is 1. The van der Waals surface area contributed by atoms with E-state index < -0.39 is 17.8 Å². The average Bonchev–Trinajstić information content (AvgIpc) is 2.77. The number of rotatable bonds is 5. The van der Waals surface area contributed by atoms with Crippen LogP contribution in [0.25, 0.3) is 6.08 Å². The summed E-state index contributed by atoms with van der Waals surface area (Å²) in [6.07, 6.45) is 1.45. The van der Waals surface area contributed by atoms with Crippen molar-refractivity contribution in [3.8, 4) is 5.75 Å². The molecule has 1 N–H and O–H groups in total. The van der Waals surface area contributed by atoms with E-state index in [-0.39, 0.29) is 5.57 Å². The number of nitrogens with zero attached hydrogens (tertiary/aromatic N) is 1. The number of urea groups is 1. The Hall–Kier alpha value is -4.19. The topological polar surface area (TPSA) is 75.7 Å². The third-order valence-electron chi connectivity index (χ3n) is 4.53. The maximum atomic E-state index is 12.9. The number of barbiturate groups is 1. The summed E-state index contributed by atoms with van der Waals surface area (Å²) in [6.45, 7) is 0.399. The molecule has 1 aliphatic rings. The Labute approximate surface area is 173 Å². The number of imide groups is 2. The van der Waals surface area contributed by atoms with Crippen LogP contribution in [-0.2, 0) is 16.2 Å². The molecule has 0 aromatic heterocycles. The Morgan fingerprint density at radius 3 is 2.27 bits per heavy atom. The van der Waals surface area contributed by atoms with Crippen molar-refractivity contribution in [2.24, 2.45) is 0 Å². The Balaban J connectivity index is 1.58. The highest BCUT2D eigenvalue weighted by molar-refractivity contribution is 6.39. The molecule has 3 aromatic carbocycles. The van der Waals surface area contributed by atoms with Gasteiger partial charge in [0.15, 0.2) is 0 Å². The van der Waals surface area contributed by atoms with Gasteiger partial charge in [0.25, 0.3) is 11.8 Å². The highest BCUT2D eigenvalue weighted by atomic mass is 16.5. The minimum Gasteiger partial charge on any atom is -0.489 e. The number of hydrogen-bond acceptors (Lipinski definition) is 4. The SMILES string of the molecule is O=C1NC(=O)N(c2ccccc2)C(=O)/C1=C\c1cccc(OCc2ccccc2)c1. The van der Waals surface area contributed by atoms with E-state index in [0.29, 0.717) is 23.6 Å². The van der Waals surface area contributed by atoms with Crippen molar-refractivity contribution in [1.82, 2.24) is 5.32 Å². The zero-order chi connectivity index (χ0) is 20.9. The summed E-state index contributed by atoms with van der Waals surface area (Å²) >= 11 is 0. The molecule has 6 heteroatoms. The number of carbonyl (C=O) groups is 3. The maximum Gasteiger partial charge on any atom is 0.335 e. The molecular weight excluding hydrogens is 380 g/mol. The molecule has 4 amide bonds. The Bertz CT molecular complexity index is 1120. The van der Waals surface area contributed by atoms with Crippen molar-refractivity contribution >= 4 is 29.6 Å². The number of ether oxygens (including phenoxy) is 1. The second-order valence-electron chi connectivity index (χ2n) is 6.64. The molecular formula is C24H18N2O4. The van der Waals surface area contributed by atoms with Crippen LogP contribution >= 0.6 is 0 Å². The summed E-state index contributed by atoms with van der Waals surface area (Å²) in [5, 5.41) is 2.22. The number of anilines is 1. The van der Waals surface area contributed by atoms with Gasteiger partial charge in [-0.2, -0.15) is 0 Å². The Morgan fingerprint density at radius 2 is 1.53 bits per heavy atom. The van der Waals surface area contributed by atoms with E-state index in [1.807, 2.05) is 30.3 Å². The quantitative estimate of drug-likeness (QED) is 0.522. The molecule has 1 heterocycles. The smallest absolute Gasteiger partial charge is 0.335 e. The van der Waals surface area contributed by atoms with Crippen LogP contribution in [0.3, 0.4) is 0 Å². The van der Waals surface area contributed by atoms with E-state index in [1.165, 1.54) is 6.08 Å². The first-order valence-electron chi connectivity index (χ1n) is 9.35. The van der Waals surface area contributed by atoms with E-state index >= 15 is 0 Å². The summed E-state index contributed by atoms with van der Waals surface area (Å²) in [5.41, 5.74) is 1.90. The number of amides is 4. The Kier molecular flexibility index (Phi) is 5.39. The molecule has 4 rings (SSSR count). The van der Waals surface area contributed by atoms with Gasteiger partial charge in [0.05, 0.1) is 5.69 Å². The molecule has 30 heavy (non-hydrogen) atoms. The first kappa shape index (κ1) is 19.1. The van der Waals surface area contributed by atoms with Crippen molar-refractivity contribution in [3.63, 3.8) is 0 Å². The molecule has 0 spiro atoms. The van der Waals surface area contributed by atoms with E-state index in [2.05, 4.69) is 5.32 Å². The minimum atomic E-state index is -0.770. The third kappa shape index (κ3) is 4.12. The fourth-order valence-corrected chi connectivity index (χ4v) is 3.07. The van der Waals surface area contributed by atoms with Crippen molar-refractivity contribution in [1.29, 1.82) is 0 Å². The van der Waals surface area contributed by atoms with Crippen LogP contribution < -0.4 is 15.0 Å².